The SMILES string of the molecule is CC(C)(N)C(C)(CCCC(F)(F)F)CC(=O)O. The molecular weight excluding hydrogens is 235 g/mol. The third kappa shape index (κ3) is 5.91. The van der Waals surface area contributed by atoms with E-state index in [4.69, 9.17) is 10.8 Å². The number of hydrogen-bond donors (Lipinski definition) is 2. The lowest BCUT2D eigenvalue weighted by atomic mass is 9.68. The monoisotopic (exact) mass is 255 g/mol. The zero-order valence-electron chi connectivity index (χ0n) is 10.4. The summed E-state index contributed by atoms with van der Waals surface area (Å²) in [6, 6.07) is 0. The van der Waals surface area contributed by atoms with Crippen LogP contribution in [0.25, 0.3) is 0 Å². The van der Waals surface area contributed by atoms with E-state index >= 15 is 0 Å². The van der Waals surface area contributed by atoms with Gasteiger partial charge in [0.1, 0.15) is 0 Å². The highest BCUT2D eigenvalue weighted by atomic mass is 19.4. The number of halogens is 3. The van der Waals surface area contributed by atoms with Gasteiger partial charge in [0.25, 0.3) is 0 Å². The molecule has 0 bridgehead atoms. The van der Waals surface area contributed by atoms with Gasteiger partial charge in [-0.1, -0.05) is 6.92 Å². The van der Waals surface area contributed by atoms with Crippen LogP contribution in [0, 0.1) is 5.41 Å². The zero-order chi connectivity index (χ0) is 13.9. The predicted octanol–water partition coefficient (Wildman–Crippen LogP) is 2.94. The fourth-order valence-corrected chi connectivity index (χ4v) is 1.65. The Balaban J connectivity index is 4.57. The average molecular weight is 255 g/mol. The topological polar surface area (TPSA) is 63.3 Å². The molecule has 1 unspecified atom stereocenters. The Morgan fingerprint density at radius 2 is 1.65 bits per heavy atom. The van der Waals surface area contributed by atoms with Crippen LogP contribution in [0.1, 0.15) is 46.5 Å². The van der Waals surface area contributed by atoms with E-state index in [2.05, 4.69) is 0 Å². The largest absolute Gasteiger partial charge is 0.481 e. The van der Waals surface area contributed by atoms with Crippen LogP contribution >= 0.6 is 0 Å². The normalized spacial score (nSPS) is 16.6. The van der Waals surface area contributed by atoms with Gasteiger partial charge in [0.05, 0.1) is 6.42 Å². The molecule has 0 saturated carbocycles. The average Bonchev–Trinajstić information content (AvgIpc) is 1.96. The molecule has 0 aliphatic heterocycles. The number of rotatable bonds is 6. The number of carboxylic acid groups (broad SMARTS) is 1. The Morgan fingerprint density at radius 3 is 1.94 bits per heavy atom. The summed E-state index contributed by atoms with van der Waals surface area (Å²) in [6.45, 7) is 4.91. The first-order valence-electron chi connectivity index (χ1n) is 5.45. The number of nitrogens with two attached hydrogens (primary N) is 1. The van der Waals surface area contributed by atoms with Crippen LogP contribution < -0.4 is 5.73 Å². The minimum Gasteiger partial charge on any atom is -0.481 e. The smallest absolute Gasteiger partial charge is 0.389 e. The van der Waals surface area contributed by atoms with Crippen LogP contribution in [-0.2, 0) is 4.79 Å². The van der Waals surface area contributed by atoms with E-state index in [1.54, 1.807) is 20.8 Å². The lowest BCUT2D eigenvalue weighted by Gasteiger charge is -2.41. The number of carboxylic acids is 1. The van der Waals surface area contributed by atoms with Crippen molar-refractivity contribution in [3.8, 4) is 0 Å². The molecule has 1 atom stereocenters. The predicted molar refractivity (Wildman–Crippen MR) is 58.5 cm³/mol. The van der Waals surface area contributed by atoms with Gasteiger partial charge in [-0.05, 0) is 32.1 Å². The van der Waals surface area contributed by atoms with E-state index in [1.165, 1.54) is 0 Å². The van der Waals surface area contributed by atoms with Crippen molar-refractivity contribution in [1.29, 1.82) is 0 Å². The van der Waals surface area contributed by atoms with E-state index in [0.29, 0.717) is 0 Å². The van der Waals surface area contributed by atoms with Crippen molar-refractivity contribution in [3.63, 3.8) is 0 Å². The summed E-state index contributed by atoms with van der Waals surface area (Å²) in [7, 11) is 0. The second-order valence-electron chi connectivity index (χ2n) is 5.32. The molecule has 3 nitrogen and oxygen atoms in total. The molecule has 0 amide bonds. The minimum absolute atomic E-state index is 0.103. The highest BCUT2D eigenvalue weighted by Gasteiger charge is 2.40. The summed E-state index contributed by atoms with van der Waals surface area (Å²) in [5.74, 6) is -1.04. The van der Waals surface area contributed by atoms with Crippen LogP contribution in [0.15, 0.2) is 0 Å². The van der Waals surface area contributed by atoms with Crippen LogP contribution in [0.5, 0.6) is 0 Å². The third-order valence-corrected chi connectivity index (χ3v) is 3.29. The summed E-state index contributed by atoms with van der Waals surface area (Å²) < 4.78 is 36.1. The van der Waals surface area contributed by atoms with E-state index < -0.39 is 29.5 Å². The molecule has 0 spiro atoms. The van der Waals surface area contributed by atoms with Crippen LogP contribution in [0.4, 0.5) is 13.2 Å². The molecule has 17 heavy (non-hydrogen) atoms. The van der Waals surface area contributed by atoms with E-state index in [-0.39, 0.29) is 19.3 Å². The lowest BCUT2D eigenvalue weighted by molar-refractivity contribution is -0.142. The summed E-state index contributed by atoms with van der Waals surface area (Å²) >= 11 is 0. The molecular formula is C11H20F3NO2. The van der Waals surface area contributed by atoms with Gasteiger partial charge in [0.2, 0.25) is 0 Å². The molecule has 0 heterocycles. The number of carbonyl (C=O) groups is 1. The quantitative estimate of drug-likeness (QED) is 0.767. The fraction of sp³-hybridized carbons (Fsp3) is 0.909. The minimum atomic E-state index is -4.21. The van der Waals surface area contributed by atoms with Gasteiger partial charge < -0.3 is 10.8 Å². The molecule has 0 aromatic rings. The molecule has 3 N–H and O–H groups in total. The van der Waals surface area contributed by atoms with E-state index in [0.717, 1.165) is 0 Å². The van der Waals surface area contributed by atoms with Crippen molar-refractivity contribution >= 4 is 5.97 Å². The van der Waals surface area contributed by atoms with Gasteiger partial charge in [-0.3, -0.25) is 4.79 Å². The van der Waals surface area contributed by atoms with E-state index in [9.17, 15) is 18.0 Å². The van der Waals surface area contributed by atoms with Crippen molar-refractivity contribution in [2.24, 2.45) is 11.1 Å². The highest BCUT2D eigenvalue weighted by Crippen LogP contribution is 2.39. The molecule has 0 aromatic carbocycles. The van der Waals surface area contributed by atoms with Gasteiger partial charge >= 0.3 is 12.1 Å². The second kappa shape index (κ2) is 5.25. The molecule has 0 rings (SSSR count). The Morgan fingerprint density at radius 1 is 1.18 bits per heavy atom. The molecule has 102 valence electrons. The Bertz CT molecular complexity index is 271. The highest BCUT2D eigenvalue weighted by molar-refractivity contribution is 5.67. The first kappa shape index (κ1) is 16.2. The molecule has 0 aliphatic rings. The molecule has 0 aromatic heterocycles. The standard InChI is InChI=1S/C11H20F3NO2/c1-9(2,15)10(3,7-8(16)17)5-4-6-11(12,13)14/h4-7,15H2,1-3H3,(H,16,17). The van der Waals surface area contributed by atoms with Crippen LogP contribution in [-0.4, -0.2) is 22.8 Å². The Labute approximate surface area is 99.2 Å². The van der Waals surface area contributed by atoms with Crippen molar-refractivity contribution in [1.82, 2.24) is 0 Å². The number of aliphatic carboxylic acids is 1. The van der Waals surface area contributed by atoms with Crippen LogP contribution in [0.3, 0.4) is 0 Å². The van der Waals surface area contributed by atoms with Gasteiger partial charge in [-0.2, -0.15) is 13.2 Å². The molecule has 6 heteroatoms. The first-order valence-corrected chi connectivity index (χ1v) is 5.45. The summed E-state index contributed by atoms with van der Waals surface area (Å²) in [5.41, 5.74) is 4.19. The number of hydrogen-bond acceptors (Lipinski definition) is 2. The Kier molecular flexibility index (Phi) is 5.01. The summed E-state index contributed by atoms with van der Waals surface area (Å²) in [5, 5.41) is 8.79. The first-order chi connectivity index (χ1) is 7.37. The number of alkyl halides is 3. The Hall–Kier alpha value is -0.780. The van der Waals surface area contributed by atoms with E-state index in [1.807, 2.05) is 0 Å². The van der Waals surface area contributed by atoms with Gasteiger partial charge in [-0.25, -0.2) is 0 Å². The van der Waals surface area contributed by atoms with Gasteiger partial charge in [-0.15, -0.1) is 0 Å². The fourth-order valence-electron chi connectivity index (χ4n) is 1.65. The maximum absolute atomic E-state index is 12.0. The molecule has 0 fully saturated rings. The van der Waals surface area contributed by atoms with Crippen molar-refractivity contribution in [2.45, 2.75) is 58.2 Å². The van der Waals surface area contributed by atoms with Gasteiger partial charge in [0, 0.05) is 12.0 Å². The zero-order valence-corrected chi connectivity index (χ0v) is 10.4. The summed E-state index contributed by atoms with van der Waals surface area (Å²) in [6.07, 6.45) is -5.30. The second-order valence-corrected chi connectivity index (χ2v) is 5.32. The van der Waals surface area contributed by atoms with Crippen molar-refractivity contribution < 1.29 is 23.1 Å². The molecule has 0 saturated heterocycles. The maximum atomic E-state index is 12.0. The van der Waals surface area contributed by atoms with Crippen molar-refractivity contribution in [3.05, 3.63) is 0 Å². The van der Waals surface area contributed by atoms with Crippen molar-refractivity contribution in [2.75, 3.05) is 0 Å². The molecule has 0 aliphatic carbocycles. The third-order valence-electron chi connectivity index (χ3n) is 3.29. The van der Waals surface area contributed by atoms with Crippen LogP contribution in [0.2, 0.25) is 0 Å². The molecule has 0 radical (unpaired) electrons. The lowest BCUT2D eigenvalue weighted by Crippen LogP contribution is -2.50. The summed E-state index contributed by atoms with van der Waals surface area (Å²) in [4.78, 5) is 10.7. The maximum Gasteiger partial charge on any atom is 0.389 e. The van der Waals surface area contributed by atoms with Gasteiger partial charge in [0.15, 0.2) is 0 Å².